The summed E-state index contributed by atoms with van der Waals surface area (Å²) in [6.07, 6.45) is 0.686. The van der Waals surface area contributed by atoms with E-state index in [1.807, 2.05) is 38.2 Å². The summed E-state index contributed by atoms with van der Waals surface area (Å²) in [5.74, 6) is 0.532. The first kappa shape index (κ1) is 15.3. The number of rotatable bonds is 8. The molecule has 1 unspecified atom stereocenters. The van der Waals surface area contributed by atoms with Crippen LogP contribution in [0.4, 0.5) is 5.69 Å². The van der Waals surface area contributed by atoms with Gasteiger partial charge in [0.05, 0.1) is 13.2 Å². The van der Waals surface area contributed by atoms with E-state index in [0.717, 1.165) is 24.5 Å². The number of carbonyl (C=O) groups is 1. The van der Waals surface area contributed by atoms with Crippen LogP contribution in [0.3, 0.4) is 0 Å². The first-order valence-corrected chi connectivity index (χ1v) is 6.46. The number of nitrogens with two attached hydrogens (primary N) is 1. The van der Waals surface area contributed by atoms with E-state index in [9.17, 15) is 4.79 Å². The molecule has 5 heteroatoms. The molecule has 1 rings (SSSR count). The maximum Gasteiger partial charge on any atom is 0.234 e. The Morgan fingerprint density at radius 1 is 1.42 bits per heavy atom. The molecule has 1 aromatic rings. The molecule has 5 nitrogen and oxygen atoms in total. The molecule has 0 aliphatic carbocycles. The Balaban J connectivity index is 2.53. The van der Waals surface area contributed by atoms with Crippen molar-refractivity contribution < 1.29 is 9.53 Å². The highest BCUT2D eigenvalue weighted by molar-refractivity contribution is 5.79. The number of likely N-dealkylation sites (N-methyl/N-ethyl adjacent to an activating group) is 1. The topological polar surface area (TPSA) is 67.6 Å². The summed E-state index contributed by atoms with van der Waals surface area (Å²) in [5.41, 5.74) is 6.43. The number of nitrogens with one attached hydrogen (secondary N) is 1. The van der Waals surface area contributed by atoms with Crippen LogP contribution in [0.2, 0.25) is 0 Å². The Morgan fingerprint density at radius 2 is 2.05 bits per heavy atom. The van der Waals surface area contributed by atoms with Gasteiger partial charge in [0.25, 0.3) is 0 Å². The molecule has 0 aliphatic heterocycles. The number of amides is 1. The fourth-order valence-electron chi connectivity index (χ4n) is 1.88. The van der Waals surface area contributed by atoms with Gasteiger partial charge in [-0.25, -0.2) is 0 Å². The highest BCUT2D eigenvalue weighted by Gasteiger charge is 2.14. The van der Waals surface area contributed by atoms with Crippen LogP contribution in [0.5, 0.6) is 5.75 Å². The summed E-state index contributed by atoms with van der Waals surface area (Å²) in [7, 11) is 3.64. The Kier molecular flexibility index (Phi) is 6.15. The normalized spacial score (nSPS) is 11.9. The molecule has 0 bridgehead atoms. The Morgan fingerprint density at radius 3 is 2.53 bits per heavy atom. The van der Waals surface area contributed by atoms with E-state index in [1.165, 1.54) is 0 Å². The van der Waals surface area contributed by atoms with E-state index in [-0.39, 0.29) is 11.9 Å². The van der Waals surface area contributed by atoms with Crippen molar-refractivity contribution in [2.24, 2.45) is 5.73 Å². The smallest absolute Gasteiger partial charge is 0.234 e. The quantitative estimate of drug-likeness (QED) is 0.735. The molecule has 0 fully saturated rings. The third-order valence-electron chi connectivity index (χ3n) is 3.06. The number of methoxy groups -OCH3 is 1. The molecule has 1 amide bonds. The molecule has 0 radical (unpaired) electrons. The van der Waals surface area contributed by atoms with Gasteiger partial charge in [0.15, 0.2) is 0 Å². The second-order valence-electron chi connectivity index (χ2n) is 4.42. The van der Waals surface area contributed by atoms with E-state index in [2.05, 4.69) is 10.2 Å². The van der Waals surface area contributed by atoms with Crippen LogP contribution in [0.15, 0.2) is 24.3 Å². The number of ether oxygens (including phenoxy) is 1. The average molecular weight is 265 g/mol. The van der Waals surface area contributed by atoms with E-state index in [0.29, 0.717) is 6.42 Å². The third-order valence-corrected chi connectivity index (χ3v) is 3.06. The number of primary amides is 1. The molecule has 0 spiro atoms. The number of hydrogen-bond acceptors (Lipinski definition) is 4. The van der Waals surface area contributed by atoms with Crippen molar-refractivity contribution in [3.8, 4) is 5.75 Å². The first-order chi connectivity index (χ1) is 9.08. The van der Waals surface area contributed by atoms with Gasteiger partial charge in [0.1, 0.15) is 5.75 Å². The lowest BCUT2D eigenvalue weighted by atomic mass is 10.1. The highest BCUT2D eigenvalue weighted by Crippen LogP contribution is 2.18. The summed E-state index contributed by atoms with van der Waals surface area (Å²) >= 11 is 0. The minimum absolute atomic E-state index is 0.273. The molecule has 3 N–H and O–H groups in total. The van der Waals surface area contributed by atoms with Gasteiger partial charge in [-0.15, -0.1) is 0 Å². The molecule has 0 aliphatic rings. The van der Waals surface area contributed by atoms with Gasteiger partial charge in [-0.2, -0.15) is 0 Å². The Labute approximate surface area is 114 Å². The van der Waals surface area contributed by atoms with Gasteiger partial charge in [-0.3, -0.25) is 4.79 Å². The number of nitrogens with zero attached hydrogens (tertiary/aromatic N) is 1. The minimum atomic E-state index is -0.301. The predicted molar refractivity (Wildman–Crippen MR) is 77.5 cm³/mol. The van der Waals surface area contributed by atoms with Crippen molar-refractivity contribution >= 4 is 11.6 Å². The maximum atomic E-state index is 11.2. The summed E-state index contributed by atoms with van der Waals surface area (Å²) < 4.78 is 5.12. The van der Waals surface area contributed by atoms with Crippen LogP contribution < -0.4 is 20.7 Å². The maximum absolute atomic E-state index is 11.2. The van der Waals surface area contributed by atoms with Crippen LogP contribution in [0, 0.1) is 0 Å². The van der Waals surface area contributed by atoms with Crippen molar-refractivity contribution in [2.45, 2.75) is 19.4 Å². The second-order valence-corrected chi connectivity index (χ2v) is 4.42. The van der Waals surface area contributed by atoms with Crippen LogP contribution >= 0.6 is 0 Å². The number of benzene rings is 1. The zero-order valence-electron chi connectivity index (χ0n) is 11.8. The van der Waals surface area contributed by atoms with Crippen molar-refractivity contribution in [3.05, 3.63) is 24.3 Å². The van der Waals surface area contributed by atoms with E-state index in [1.54, 1.807) is 7.11 Å². The molecular formula is C14H23N3O2. The molecule has 0 aromatic heterocycles. The molecule has 1 aromatic carbocycles. The summed E-state index contributed by atoms with van der Waals surface area (Å²) in [5, 5.41) is 3.09. The third kappa shape index (κ3) is 4.79. The van der Waals surface area contributed by atoms with Gasteiger partial charge in [0.2, 0.25) is 5.91 Å². The van der Waals surface area contributed by atoms with Crippen LogP contribution in [0.1, 0.15) is 13.3 Å². The average Bonchev–Trinajstić information content (AvgIpc) is 2.42. The number of carbonyl (C=O) groups excluding carboxylic acids is 1. The van der Waals surface area contributed by atoms with Crippen LogP contribution in [0.25, 0.3) is 0 Å². The minimum Gasteiger partial charge on any atom is -0.497 e. The van der Waals surface area contributed by atoms with Crippen LogP contribution in [-0.2, 0) is 4.79 Å². The van der Waals surface area contributed by atoms with Crippen molar-refractivity contribution in [3.63, 3.8) is 0 Å². The number of hydrogen-bond donors (Lipinski definition) is 2. The summed E-state index contributed by atoms with van der Waals surface area (Å²) in [6.45, 7) is 3.45. The zero-order valence-corrected chi connectivity index (χ0v) is 11.8. The van der Waals surface area contributed by atoms with Gasteiger partial charge in [-0.05, 0) is 37.2 Å². The van der Waals surface area contributed by atoms with Gasteiger partial charge in [0, 0.05) is 19.3 Å². The lowest BCUT2D eigenvalue weighted by Crippen LogP contribution is -2.43. The monoisotopic (exact) mass is 265 g/mol. The fourth-order valence-corrected chi connectivity index (χ4v) is 1.88. The summed E-state index contributed by atoms with van der Waals surface area (Å²) in [4.78, 5) is 13.3. The SMILES string of the molecule is CCNC(CCN(C)c1ccc(OC)cc1)C(N)=O. The van der Waals surface area contributed by atoms with E-state index in [4.69, 9.17) is 10.5 Å². The molecular weight excluding hydrogens is 242 g/mol. The van der Waals surface area contributed by atoms with Crippen molar-refractivity contribution in [2.75, 3.05) is 32.1 Å². The molecule has 106 valence electrons. The van der Waals surface area contributed by atoms with Crippen LogP contribution in [-0.4, -0.2) is 39.2 Å². The lowest BCUT2D eigenvalue weighted by molar-refractivity contribution is -0.120. The Bertz CT molecular complexity index is 392. The molecule has 19 heavy (non-hydrogen) atoms. The van der Waals surface area contributed by atoms with E-state index < -0.39 is 0 Å². The van der Waals surface area contributed by atoms with Gasteiger partial charge in [-0.1, -0.05) is 6.92 Å². The highest BCUT2D eigenvalue weighted by atomic mass is 16.5. The molecule has 0 heterocycles. The molecule has 1 atom stereocenters. The van der Waals surface area contributed by atoms with Crippen molar-refractivity contribution in [1.29, 1.82) is 0 Å². The fraction of sp³-hybridized carbons (Fsp3) is 0.500. The van der Waals surface area contributed by atoms with Gasteiger partial charge >= 0.3 is 0 Å². The second kappa shape index (κ2) is 7.63. The molecule has 0 saturated heterocycles. The standard InChI is InChI=1S/C14H23N3O2/c1-4-16-13(14(15)18)9-10-17(2)11-5-7-12(19-3)8-6-11/h5-8,13,16H,4,9-10H2,1-3H3,(H2,15,18). The lowest BCUT2D eigenvalue weighted by Gasteiger charge is -2.22. The summed E-state index contributed by atoms with van der Waals surface area (Å²) in [6, 6.07) is 7.55. The van der Waals surface area contributed by atoms with Crippen molar-refractivity contribution in [1.82, 2.24) is 5.32 Å². The first-order valence-electron chi connectivity index (χ1n) is 6.46. The predicted octanol–water partition coefficient (Wildman–Crippen LogP) is 0.985. The van der Waals surface area contributed by atoms with Gasteiger partial charge < -0.3 is 20.7 Å². The molecule has 0 saturated carbocycles. The largest absolute Gasteiger partial charge is 0.497 e. The number of anilines is 1. The van der Waals surface area contributed by atoms with E-state index >= 15 is 0 Å². The zero-order chi connectivity index (χ0) is 14.3. The Hall–Kier alpha value is -1.75.